The van der Waals surface area contributed by atoms with E-state index < -0.39 is 29.2 Å². The molecular formula is C8H2F6N2. The molecule has 16 heavy (non-hydrogen) atoms. The van der Waals surface area contributed by atoms with Crippen molar-refractivity contribution in [2.75, 3.05) is 0 Å². The summed E-state index contributed by atoms with van der Waals surface area (Å²) in [6, 6.07) is 1.13. The molecule has 0 fully saturated rings. The predicted octanol–water partition coefficient (Wildman–Crippen LogP) is 2.99. The first-order valence-corrected chi connectivity index (χ1v) is 3.71. The zero-order valence-corrected chi connectivity index (χ0v) is 7.32. The van der Waals surface area contributed by atoms with Gasteiger partial charge in [0.05, 0.1) is 17.2 Å². The van der Waals surface area contributed by atoms with E-state index in [0.717, 1.165) is 6.07 Å². The van der Waals surface area contributed by atoms with Crippen molar-refractivity contribution in [3.8, 4) is 6.07 Å². The molecule has 2 nitrogen and oxygen atoms in total. The first-order valence-electron chi connectivity index (χ1n) is 3.71. The number of nitriles is 1. The number of halogens is 6. The maximum atomic E-state index is 12.2. The van der Waals surface area contributed by atoms with Gasteiger partial charge >= 0.3 is 12.4 Å². The summed E-state index contributed by atoms with van der Waals surface area (Å²) in [6.07, 6.45) is -9.78. The molecule has 0 aliphatic heterocycles. The molecule has 8 heteroatoms. The molecule has 0 aromatic carbocycles. The van der Waals surface area contributed by atoms with Crippen molar-refractivity contribution in [1.29, 1.82) is 5.26 Å². The molecule has 0 aliphatic carbocycles. The minimum Gasteiger partial charge on any atom is -0.251 e. The summed E-state index contributed by atoms with van der Waals surface area (Å²) in [4.78, 5) is 2.63. The van der Waals surface area contributed by atoms with Gasteiger partial charge in [0.1, 0.15) is 5.69 Å². The summed E-state index contributed by atoms with van der Waals surface area (Å²) in [5.41, 5.74) is -4.12. The number of hydrogen-bond donors (Lipinski definition) is 0. The van der Waals surface area contributed by atoms with Gasteiger partial charge in [-0.2, -0.15) is 31.6 Å². The second-order valence-electron chi connectivity index (χ2n) is 2.72. The van der Waals surface area contributed by atoms with Crippen LogP contribution in [0.5, 0.6) is 0 Å². The van der Waals surface area contributed by atoms with E-state index in [-0.39, 0.29) is 12.3 Å². The lowest BCUT2D eigenvalue weighted by atomic mass is 10.1. The second-order valence-corrected chi connectivity index (χ2v) is 2.72. The van der Waals surface area contributed by atoms with Gasteiger partial charge in [-0.15, -0.1) is 0 Å². The van der Waals surface area contributed by atoms with Crippen LogP contribution in [0.2, 0.25) is 0 Å². The van der Waals surface area contributed by atoms with Crippen LogP contribution in [0.3, 0.4) is 0 Å². The van der Waals surface area contributed by atoms with Crippen molar-refractivity contribution in [2.24, 2.45) is 0 Å². The van der Waals surface area contributed by atoms with Crippen LogP contribution in [0.15, 0.2) is 12.3 Å². The van der Waals surface area contributed by atoms with Crippen molar-refractivity contribution in [3.05, 3.63) is 29.1 Å². The van der Waals surface area contributed by atoms with Crippen molar-refractivity contribution in [3.63, 3.8) is 0 Å². The number of alkyl halides is 6. The molecule has 1 aromatic rings. The fourth-order valence-corrected chi connectivity index (χ4v) is 0.929. The van der Waals surface area contributed by atoms with Crippen molar-refractivity contribution in [1.82, 2.24) is 4.98 Å². The van der Waals surface area contributed by atoms with E-state index in [0.29, 0.717) is 0 Å². The van der Waals surface area contributed by atoms with Crippen LogP contribution in [0.25, 0.3) is 0 Å². The number of rotatable bonds is 0. The summed E-state index contributed by atoms with van der Waals surface area (Å²) in [5.74, 6) is 0. The highest BCUT2D eigenvalue weighted by Crippen LogP contribution is 2.34. The third kappa shape index (κ3) is 2.42. The van der Waals surface area contributed by atoms with Gasteiger partial charge in [-0.05, 0) is 6.07 Å². The van der Waals surface area contributed by atoms with E-state index in [9.17, 15) is 26.3 Å². The predicted molar refractivity (Wildman–Crippen MR) is 39.0 cm³/mol. The van der Waals surface area contributed by atoms with E-state index in [2.05, 4.69) is 4.98 Å². The van der Waals surface area contributed by atoms with E-state index in [4.69, 9.17) is 5.26 Å². The number of pyridine rings is 1. The van der Waals surface area contributed by atoms with E-state index >= 15 is 0 Å². The standard InChI is InChI=1S/C8H2F6N2/c9-7(10,11)5-3-16-6(8(12,13)14)1-4(5)2-15/h1,3H. The second kappa shape index (κ2) is 3.66. The Bertz CT molecular complexity index is 439. The lowest BCUT2D eigenvalue weighted by Crippen LogP contribution is -2.13. The molecule has 86 valence electrons. The van der Waals surface area contributed by atoms with Crippen LogP contribution in [0.4, 0.5) is 26.3 Å². The highest BCUT2D eigenvalue weighted by molar-refractivity contribution is 5.39. The molecule has 1 heterocycles. The van der Waals surface area contributed by atoms with E-state index in [1.165, 1.54) is 0 Å². The van der Waals surface area contributed by atoms with Crippen LogP contribution in [0, 0.1) is 11.3 Å². The highest BCUT2D eigenvalue weighted by atomic mass is 19.4. The van der Waals surface area contributed by atoms with Gasteiger partial charge in [0.2, 0.25) is 0 Å². The van der Waals surface area contributed by atoms with Crippen molar-refractivity contribution >= 4 is 0 Å². The quantitative estimate of drug-likeness (QED) is 0.653. The summed E-state index contributed by atoms with van der Waals surface area (Å²) >= 11 is 0. The third-order valence-corrected chi connectivity index (χ3v) is 1.62. The zero-order valence-electron chi connectivity index (χ0n) is 7.32. The molecule has 1 rings (SSSR count). The van der Waals surface area contributed by atoms with Crippen molar-refractivity contribution in [2.45, 2.75) is 12.4 Å². The molecular weight excluding hydrogens is 238 g/mol. The molecule has 0 radical (unpaired) electrons. The van der Waals surface area contributed by atoms with Gasteiger partial charge in [-0.3, -0.25) is 4.98 Å². The minimum absolute atomic E-state index is 0.00137. The Morgan fingerprint density at radius 1 is 1.06 bits per heavy atom. The Kier molecular flexibility index (Phi) is 2.81. The average Bonchev–Trinajstić information content (AvgIpc) is 2.14. The summed E-state index contributed by atoms with van der Waals surface area (Å²) in [5, 5.41) is 8.33. The normalized spacial score (nSPS) is 12.3. The highest BCUT2D eigenvalue weighted by Gasteiger charge is 2.38. The van der Waals surface area contributed by atoms with Crippen LogP contribution < -0.4 is 0 Å². The van der Waals surface area contributed by atoms with E-state index in [1.807, 2.05) is 0 Å². The fourth-order valence-electron chi connectivity index (χ4n) is 0.929. The van der Waals surface area contributed by atoms with Crippen LogP contribution in [-0.2, 0) is 12.4 Å². The number of nitrogens with zero attached hydrogens (tertiary/aromatic N) is 2. The van der Waals surface area contributed by atoms with Gasteiger partial charge < -0.3 is 0 Å². The monoisotopic (exact) mass is 240 g/mol. The first-order chi connectivity index (χ1) is 7.16. The van der Waals surface area contributed by atoms with Crippen molar-refractivity contribution < 1.29 is 26.3 Å². The zero-order chi connectivity index (χ0) is 12.6. The Labute approximate surface area is 85.1 Å². The average molecular weight is 240 g/mol. The first kappa shape index (κ1) is 12.3. The molecule has 0 atom stereocenters. The maximum absolute atomic E-state index is 12.2. The molecule has 0 spiro atoms. The Morgan fingerprint density at radius 2 is 1.62 bits per heavy atom. The van der Waals surface area contributed by atoms with Gasteiger partial charge in [0.15, 0.2) is 0 Å². The molecule has 0 N–H and O–H groups in total. The Morgan fingerprint density at radius 3 is 2.00 bits per heavy atom. The summed E-state index contributed by atoms with van der Waals surface area (Å²) in [6.45, 7) is 0. The molecule has 0 bridgehead atoms. The molecule has 1 aromatic heterocycles. The smallest absolute Gasteiger partial charge is 0.251 e. The third-order valence-electron chi connectivity index (χ3n) is 1.62. The minimum atomic E-state index is -4.90. The summed E-state index contributed by atoms with van der Waals surface area (Å²) in [7, 11) is 0. The van der Waals surface area contributed by atoms with E-state index in [1.54, 1.807) is 0 Å². The molecule has 0 aliphatic rings. The Balaban J connectivity index is 3.36. The van der Waals surface area contributed by atoms with Crippen LogP contribution in [0.1, 0.15) is 16.8 Å². The topological polar surface area (TPSA) is 36.7 Å². The molecule has 0 unspecified atom stereocenters. The lowest BCUT2D eigenvalue weighted by Gasteiger charge is -2.10. The molecule has 0 amide bonds. The van der Waals surface area contributed by atoms with Gasteiger partial charge in [-0.25, -0.2) is 0 Å². The number of hydrogen-bond acceptors (Lipinski definition) is 2. The van der Waals surface area contributed by atoms with Gasteiger partial charge in [0, 0.05) is 6.20 Å². The molecule has 0 saturated carbocycles. The number of aromatic nitrogens is 1. The van der Waals surface area contributed by atoms with Gasteiger partial charge in [-0.1, -0.05) is 0 Å². The lowest BCUT2D eigenvalue weighted by molar-refractivity contribution is -0.144. The largest absolute Gasteiger partial charge is 0.433 e. The molecule has 0 saturated heterocycles. The van der Waals surface area contributed by atoms with Crippen LogP contribution in [-0.4, -0.2) is 4.98 Å². The summed E-state index contributed by atoms with van der Waals surface area (Å²) < 4.78 is 72.8. The van der Waals surface area contributed by atoms with Crippen LogP contribution >= 0.6 is 0 Å². The fraction of sp³-hybridized carbons (Fsp3) is 0.250. The Hall–Kier alpha value is -1.78. The SMILES string of the molecule is N#Cc1cc(C(F)(F)F)ncc1C(F)(F)F. The van der Waals surface area contributed by atoms with Gasteiger partial charge in [0.25, 0.3) is 0 Å². The maximum Gasteiger partial charge on any atom is 0.433 e.